The number of nitrogens with one attached hydrogen (secondary N) is 1. The Balaban J connectivity index is 1.94. The van der Waals surface area contributed by atoms with E-state index in [1.54, 1.807) is 0 Å². The Kier molecular flexibility index (Phi) is 4.84. The predicted octanol–water partition coefficient (Wildman–Crippen LogP) is 4.52. The second-order valence-electron chi connectivity index (χ2n) is 5.35. The molecular weight excluding hydrogens is 310 g/mol. The maximum absolute atomic E-state index is 12.2. The second-order valence-corrected chi connectivity index (χ2v) is 7.72. The third-order valence-electron chi connectivity index (χ3n) is 3.67. The van der Waals surface area contributed by atoms with Crippen molar-refractivity contribution in [2.75, 3.05) is 0 Å². The molecule has 1 heterocycles. The highest BCUT2D eigenvalue weighted by Crippen LogP contribution is 2.28. The minimum Gasteiger partial charge on any atom is -0.349 e. The molecule has 2 nitrogen and oxygen atoms in total. The van der Waals surface area contributed by atoms with Gasteiger partial charge in [0.25, 0.3) is 5.91 Å². The molecule has 0 aliphatic heterocycles. The van der Waals surface area contributed by atoms with Gasteiger partial charge in [-0.15, -0.1) is 11.3 Å². The predicted molar refractivity (Wildman–Crippen MR) is 80.3 cm³/mol. The van der Waals surface area contributed by atoms with Gasteiger partial charge < -0.3 is 5.32 Å². The van der Waals surface area contributed by atoms with Crippen molar-refractivity contribution in [1.82, 2.24) is 5.32 Å². The van der Waals surface area contributed by atoms with Gasteiger partial charge in [0, 0.05) is 6.04 Å². The van der Waals surface area contributed by atoms with Gasteiger partial charge in [0.2, 0.25) is 0 Å². The number of thiophene rings is 1. The lowest BCUT2D eigenvalue weighted by Gasteiger charge is -2.15. The summed E-state index contributed by atoms with van der Waals surface area (Å²) in [6, 6.07) is 2.33. The van der Waals surface area contributed by atoms with Gasteiger partial charge in [0.05, 0.1) is 8.66 Å². The molecule has 18 heavy (non-hydrogen) atoms. The average molecular weight is 330 g/mol. The lowest BCUT2D eigenvalue weighted by Crippen LogP contribution is -2.33. The normalized spacial score (nSPS) is 24.6. The molecule has 0 bridgehead atoms. The van der Waals surface area contributed by atoms with Crippen LogP contribution in [0, 0.1) is 12.8 Å². The number of hydrogen-bond acceptors (Lipinski definition) is 2. The fourth-order valence-electron chi connectivity index (χ4n) is 2.46. The van der Waals surface area contributed by atoms with E-state index in [2.05, 4.69) is 28.2 Å². The maximum atomic E-state index is 12.2. The van der Waals surface area contributed by atoms with E-state index in [9.17, 15) is 4.79 Å². The van der Waals surface area contributed by atoms with Crippen LogP contribution in [0.5, 0.6) is 0 Å². The van der Waals surface area contributed by atoms with E-state index in [4.69, 9.17) is 0 Å². The molecular formula is C14H20BrNOS. The molecule has 100 valence electrons. The van der Waals surface area contributed by atoms with Crippen molar-refractivity contribution < 1.29 is 4.79 Å². The second kappa shape index (κ2) is 6.20. The minimum atomic E-state index is 0.0911. The van der Waals surface area contributed by atoms with Crippen LogP contribution in [0.3, 0.4) is 0 Å². The molecule has 0 radical (unpaired) electrons. The molecule has 4 heteroatoms. The van der Waals surface area contributed by atoms with Crippen molar-refractivity contribution in [1.29, 1.82) is 0 Å². The first kappa shape index (κ1) is 14.1. The van der Waals surface area contributed by atoms with E-state index < -0.39 is 0 Å². The largest absolute Gasteiger partial charge is 0.349 e. The monoisotopic (exact) mass is 329 g/mol. The number of carbonyl (C=O) groups excluding carboxylic acids is 1. The highest BCUT2D eigenvalue weighted by molar-refractivity contribution is 9.11. The van der Waals surface area contributed by atoms with Crippen LogP contribution in [0.1, 0.15) is 54.3 Å². The lowest BCUT2D eigenvalue weighted by molar-refractivity contribution is 0.0937. The lowest BCUT2D eigenvalue weighted by atomic mass is 10.0. The van der Waals surface area contributed by atoms with Crippen molar-refractivity contribution in [2.24, 2.45) is 5.92 Å². The van der Waals surface area contributed by atoms with Gasteiger partial charge in [-0.1, -0.05) is 19.8 Å². The Morgan fingerprint density at radius 2 is 2.17 bits per heavy atom. The smallest absolute Gasteiger partial charge is 0.261 e. The average Bonchev–Trinajstić information content (AvgIpc) is 2.54. The molecule has 1 fully saturated rings. The van der Waals surface area contributed by atoms with E-state index in [0.29, 0.717) is 6.04 Å². The molecule has 1 aliphatic carbocycles. The van der Waals surface area contributed by atoms with E-state index >= 15 is 0 Å². The molecule has 1 amide bonds. The molecule has 1 saturated carbocycles. The van der Waals surface area contributed by atoms with Crippen LogP contribution < -0.4 is 5.32 Å². The zero-order valence-corrected chi connectivity index (χ0v) is 13.4. The number of halogens is 1. The van der Waals surface area contributed by atoms with Crippen LogP contribution in [0.15, 0.2) is 9.85 Å². The van der Waals surface area contributed by atoms with Crippen molar-refractivity contribution in [2.45, 2.75) is 52.0 Å². The third-order valence-corrected chi connectivity index (χ3v) is 5.81. The van der Waals surface area contributed by atoms with Gasteiger partial charge in [0.15, 0.2) is 0 Å². The SMILES string of the molecule is Cc1cc(C(=O)NC2CCCC(C)CC2)sc1Br. The van der Waals surface area contributed by atoms with Gasteiger partial charge >= 0.3 is 0 Å². The first-order valence-electron chi connectivity index (χ1n) is 6.63. The number of hydrogen-bond donors (Lipinski definition) is 1. The quantitative estimate of drug-likeness (QED) is 0.794. The third kappa shape index (κ3) is 3.58. The first-order valence-corrected chi connectivity index (χ1v) is 8.24. The highest BCUT2D eigenvalue weighted by atomic mass is 79.9. The van der Waals surface area contributed by atoms with Gasteiger partial charge in [-0.05, 0) is 59.7 Å². The molecule has 2 unspecified atom stereocenters. The summed E-state index contributed by atoms with van der Waals surface area (Å²) in [4.78, 5) is 13.0. The summed E-state index contributed by atoms with van der Waals surface area (Å²) in [5.74, 6) is 0.901. The Labute approximate surface area is 121 Å². The van der Waals surface area contributed by atoms with Gasteiger partial charge in [-0.3, -0.25) is 4.79 Å². The van der Waals surface area contributed by atoms with E-state index in [-0.39, 0.29) is 5.91 Å². The van der Waals surface area contributed by atoms with E-state index in [1.165, 1.54) is 30.6 Å². The summed E-state index contributed by atoms with van der Waals surface area (Å²) in [5.41, 5.74) is 1.14. The number of carbonyl (C=O) groups is 1. The Bertz CT molecular complexity index is 410. The number of amides is 1. The highest BCUT2D eigenvalue weighted by Gasteiger charge is 2.19. The van der Waals surface area contributed by atoms with Crippen LogP contribution in [-0.2, 0) is 0 Å². The summed E-state index contributed by atoms with van der Waals surface area (Å²) >= 11 is 4.99. The topological polar surface area (TPSA) is 29.1 Å². The molecule has 2 rings (SSSR count). The van der Waals surface area contributed by atoms with Crippen LogP contribution in [0.2, 0.25) is 0 Å². The Hall–Kier alpha value is -0.350. The summed E-state index contributed by atoms with van der Waals surface area (Å²) in [7, 11) is 0. The zero-order chi connectivity index (χ0) is 13.1. The van der Waals surface area contributed by atoms with E-state index in [1.807, 2.05) is 13.0 Å². The van der Waals surface area contributed by atoms with E-state index in [0.717, 1.165) is 33.0 Å². The number of aryl methyl sites for hydroxylation is 1. The molecule has 0 aromatic carbocycles. The van der Waals surface area contributed by atoms with Crippen LogP contribution in [0.4, 0.5) is 0 Å². The summed E-state index contributed by atoms with van der Waals surface area (Å²) in [6.07, 6.45) is 6.02. The molecule has 0 spiro atoms. The van der Waals surface area contributed by atoms with Crippen molar-refractivity contribution in [3.05, 3.63) is 20.3 Å². The van der Waals surface area contributed by atoms with Gasteiger partial charge in [-0.2, -0.15) is 0 Å². The molecule has 1 aromatic rings. The standard InChI is InChI=1S/C14H20BrNOS/c1-9-4-3-5-11(7-6-9)16-14(17)12-8-10(2)13(15)18-12/h8-9,11H,3-7H2,1-2H3,(H,16,17). The van der Waals surface area contributed by atoms with Crippen molar-refractivity contribution >= 4 is 33.2 Å². The van der Waals surface area contributed by atoms with Crippen LogP contribution in [-0.4, -0.2) is 11.9 Å². The molecule has 1 aromatic heterocycles. The van der Waals surface area contributed by atoms with Crippen molar-refractivity contribution in [3.63, 3.8) is 0 Å². The number of rotatable bonds is 2. The summed E-state index contributed by atoms with van der Waals surface area (Å²) in [5, 5.41) is 3.19. The molecule has 1 aliphatic rings. The van der Waals surface area contributed by atoms with Gasteiger partial charge in [0.1, 0.15) is 0 Å². The van der Waals surface area contributed by atoms with Gasteiger partial charge in [-0.25, -0.2) is 0 Å². The zero-order valence-electron chi connectivity index (χ0n) is 11.0. The molecule has 2 atom stereocenters. The summed E-state index contributed by atoms with van der Waals surface area (Å²) in [6.45, 7) is 4.33. The van der Waals surface area contributed by atoms with Crippen LogP contribution in [0.25, 0.3) is 0 Å². The fourth-order valence-corrected chi connectivity index (χ4v) is 3.90. The minimum absolute atomic E-state index is 0.0911. The molecule has 0 saturated heterocycles. The van der Waals surface area contributed by atoms with Crippen LogP contribution >= 0.6 is 27.3 Å². The maximum Gasteiger partial charge on any atom is 0.261 e. The summed E-state index contributed by atoms with van der Waals surface area (Å²) < 4.78 is 1.06. The first-order chi connectivity index (χ1) is 8.56. The Morgan fingerprint density at radius 1 is 1.39 bits per heavy atom. The van der Waals surface area contributed by atoms with Crippen molar-refractivity contribution in [3.8, 4) is 0 Å². The fraction of sp³-hybridized carbons (Fsp3) is 0.643. The Morgan fingerprint density at radius 3 is 2.83 bits per heavy atom. The molecule has 1 N–H and O–H groups in total.